The Balaban J connectivity index is 2.08. The van der Waals surface area contributed by atoms with Crippen LogP contribution >= 0.6 is 0 Å². The van der Waals surface area contributed by atoms with Gasteiger partial charge in [0.2, 0.25) is 0 Å². The summed E-state index contributed by atoms with van der Waals surface area (Å²) < 4.78 is 0. The van der Waals surface area contributed by atoms with Gasteiger partial charge in [0.05, 0.1) is 6.33 Å². The van der Waals surface area contributed by atoms with Crippen LogP contribution in [0.4, 0.5) is 5.82 Å². The predicted molar refractivity (Wildman–Crippen MR) is 72.5 cm³/mol. The Hall–Kier alpha value is -1.69. The van der Waals surface area contributed by atoms with E-state index in [1.807, 2.05) is 0 Å². The lowest BCUT2D eigenvalue weighted by atomic mass is 9.93. The van der Waals surface area contributed by atoms with Gasteiger partial charge in [-0.25, -0.2) is 15.0 Å². The molecule has 0 fully saturated rings. The van der Waals surface area contributed by atoms with Gasteiger partial charge >= 0.3 is 0 Å². The van der Waals surface area contributed by atoms with Crippen LogP contribution in [-0.4, -0.2) is 52.0 Å². The number of hydrogen-bond donors (Lipinski definition) is 2. The lowest BCUT2D eigenvalue weighted by Gasteiger charge is -2.28. The summed E-state index contributed by atoms with van der Waals surface area (Å²) in [6.07, 6.45) is 3.17. The molecule has 2 rings (SSSR count). The Morgan fingerprint density at radius 1 is 1.28 bits per heavy atom. The summed E-state index contributed by atoms with van der Waals surface area (Å²) in [5, 5.41) is 3.37. The number of aromatic nitrogens is 4. The Bertz CT molecular complexity index is 516. The molecule has 2 aromatic rings. The highest BCUT2D eigenvalue weighted by Gasteiger charge is 2.19. The second-order valence-electron chi connectivity index (χ2n) is 5.58. The van der Waals surface area contributed by atoms with Crippen molar-refractivity contribution in [1.29, 1.82) is 0 Å². The molecule has 0 aliphatic heterocycles. The molecular weight excluding hydrogens is 228 g/mol. The summed E-state index contributed by atoms with van der Waals surface area (Å²) in [6, 6.07) is 0. The molecule has 2 heterocycles. The van der Waals surface area contributed by atoms with E-state index in [4.69, 9.17) is 0 Å². The molecule has 0 atom stereocenters. The fourth-order valence-corrected chi connectivity index (χ4v) is 2.13. The first-order chi connectivity index (χ1) is 8.48. The van der Waals surface area contributed by atoms with Crippen LogP contribution in [0.3, 0.4) is 0 Å². The van der Waals surface area contributed by atoms with E-state index in [1.165, 1.54) is 6.33 Å². The lowest BCUT2D eigenvalue weighted by molar-refractivity contribution is 0.254. The summed E-state index contributed by atoms with van der Waals surface area (Å²) in [7, 11) is 4.17. The smallest absolute Gasteiger partial charge is 0.182 e. The molecule has 0 aliphatic carbocycles. The van der Waals surface area contributed by atoms with Crippen LogP contribution in [0.25, 0.3) is 11.2 Å². The molecule has 0 spiro atoms. The quantitative estimate of drug-likeness (QED) is 0.836. The van der Waals surface area contributed by atoms with Gasteiger partial charge in [0.25, 0.3) is 0 Å². The molecule has 0 bridgehead atoms. The monoisotopic (exact) mass is 248 g/mol. The van der Waals surface area contributed by atoms with Crippen molar-refractivity contribution in [2.45, 2.75) is 13.8 Å². The third-order valence-corrected chi connectivity index (χ3v) is 2.70. The van der Waals surface area contributed by atoms with Crippen molar-refractivity contribution in [3.8, 4) is 0 Å². The molecule has 0 radical (unpaired) electrons. The molecule has 6 heteroatoms. The number of aromatic amines is 1. The molecule has 0 aliphatic rings. The van der Waals surface area contributed by atoms with E-state index in [9.17, 15) is 0 Å². The topological polar surface area (TPSA) is 69.7 Å². The van der Waals surface area contributed by atoms with Gasteiger partial charge in [0.1, 0.15) is 11.8 Å². The van der Waals surface area contributed by atoms with E-state index in [2.05, 4.69) is 58.1 Å². The number of nitrogens with zero attached hydrogens (tertiary/aromatic N) is 4. The largest absolute Gasteiger partial charge is 0.368 e. The standard InChI is InChI=1S/C12H20N6/c1-12(2,6-18(3)4)5-13-10-9-11(15-7-14-9)17-8-16-10/h7-8H,5-6H2,1-4H3,(H2,13,14,15,16,17). The maximum absolute atomic E-state index is 4.25. The second-order valence-corrected chi connectivity index (χ2v) is 5.58. The zero-order chi connectivity index (χ0) is 13.2. The molecule has 98 valence electrons. The van der Waals surface area contributed by atoms with Crippen LogP contribution in [0.5, 0.6) is 0 Å². The zero-order valence-electron chi connectivity index (χ0n) is 11.4. The Kier molecular flexibility index (Phi) is 3.47. The maximum Gasteiger partial charge on any atom is 0.182 e. The number of nitrogens with one attached hydrogen (secondary N) is 2. The summed E-state index contributed by atoms with van der Waals surface area (Å²) in [6.45, 7) is 6.31. The van der Waals surface area contributed by atoms with Crippen molar-refractivity contribution in [3.05, 3.63) is 12.7 Å². The first-order valence-electron chi connectivity index (χ1n) is 6.01. The fraction of sp³-hybridized carbons (Fsp3) is 0.583. The van der Waals surface area contributed by atoms with Crippen molar-refractivity contribution in [2.75, 3.05) is 32.5 Å². The highest BCUT2D eigenvalue weighted by Crippen LogP contribution is 2.19. The van der Waals surface area contributed by atoms with Gasteiger partial charge in [-0.1, -0.05) is 13.8 Å². The van der Waals surface area contributed by atoms with Crippen molar-refractivity contribution in [3.63, 3.8) is 0 Å². The zero-order valence-corrected chi connectivity index (χ0v) is 11.4. The third kappa shape index (κ3) is 2.95. The minimum absolute atomic E-state index is 0.167. The number of H-pyrrole nitrogens is 1. The van der Waals surface area contributed by atoms with Gasteiger partial charge in [-0.3, -0.25) is 0 Å². The van der Waals surface area contributed by atoms with E-state index in [1.54, 1.807) is 6.33 Å². The molecule has 2 aromatic heterocycles. The number of fused-ring (bicyclic) bond motifs is 1. The summed E-state index contributed by atoms with van der Waals surface area (Å²) >= 11 is 0. The maximum atomic E-state index is 4.25. The molecule has 18 heavy (non-hydrogen) atoms. The summed E-state index contributed by atoms with van der Waals surface area (Å²) in [5.41, 5.74) is 1.72. The van der Waals surface area contributed by atoms with Crippen molar-refractivity contribution in [1.82, 2.24) is 24.8 Å². The van der Waals surface area contributed by atoms with Crippen LogP contribution in [0.15, 0.2) is 12.7 Å². The first-order valence-corrected chi connectivity index (χ1v) is 6.01. The van der Waals surface area contributed by atoms with Crippen LogP contribution in [0.2, 0.25) is 0 Å². The molecule has 0 aromatic carbocycles. The fourth-order valence-electron chi connectivity index (χ4n) is 2.13. The van der Waals surface area contributed by atoms with E-state index in [0.29, 0.717) is 5.65 Å². The summed E-state index contributed by atoms with van der Waals surface area (Å²) in [4.78, 5) is 17.7. The number of rotatable bonds is 5. The van der Waals surface area contributed by atoms with E-state index >= 15 is 0 Å². The average molecular weight is 248 g/mol. The number of imidazole rings is 1. The van der Waals surface area contributed by atoms with Gasteiger partial charge in [-0.05, 0) is 19.5 Å². The number of hydrogen-bond acceptors (Lipinski definition) is 5. The third-order valence-electron chi connectivity index (χ3n) is 2.70. The normalized spacial score (nSPS) is 12.3. The first kappa shape index (κ1) is 12.8. The molecule has 0 amide bonds. The van der Waals surface area contributed by atoms with Gasteiger partial charge in [-0.15, -0.1) is 0 Å². The average Bonchev–Trinajstić information content (AvgIpc) is 2.72. The van der Waals surface area contributed by atoms with E-state index in [0.717, 1.165) is 24.4 Å². The number of anilines is 1. The SMILES string of the molecule is CN(C)CC(C)(C)CNc1ncnc2nc[nH]c12. The lowest BCUT2D eigenvalue weighted by Crippen LogP contribution is -2.34. The minimum Gasteiger partial charge on any atom is -0.368 e. The van der Waals surface area contributed by atoms with Crippen LogP contribution in [0.1, 0.15) is 13.8 Å². The highest BCUT2D eigenvalue weighted by molar-refractivity contribution is 5.81. The molecular formula is C12H20N6. The second kappa shape index (κ2) is 4.89. The van der Waals surface area contributed by atoms with E-state index < -0.39 is 0 Å². The molecule has 6 nitrogen and oxygen atoms in total. The minimum atomic E-state index is 0.167. The predicted octanol–water partition coefficient (Wildman–Crippen LogP) is 1.35. The van der Waals surface area contributed by atoms with Crippen LogP contribution < -0.4 is 5.32 Å². The summed E-state index contributed by atoms with van der Waals surface area (Å²) in [5.74, 6) is 0.810. The van der Waals surface area contributed by atoms with Gasteiger partial charge in [-0.2, -0.15) is 0 Å². The Morgan fingerprint density at radius 2 is 2.06 bits per heavy atom. The van der Waals surface area contributed by atoms with Crippen molar-refractivity contribution < 1.29 is 0 Å². The van der Waals surface area contributed by atoms with Gasteiger partial charge < -0.3 is 15.2 Å². The molecule has 2 N–H and O–H groups in total. The Labute approximate surface area is 107 Å². The van der Waals surface area contributed by atoms with Gasteiger partial charge in [0.15, 0.2) is 11.5 Å². The van der Waals surface area contributed by atoms with E-state index in [-0.39, 0.29) is 5.41 Å². The molecule has 0 unspecified atom stereocenters. The molecule has 0 saturated carbocycles. The van der Waals surface area contributed by atoms with Crippen molar-refractivity contribution in [2.24, 2.45) is 5.41 Å². The highest BCUT2D eigenvalue weighted by atomic mass is 15.1. The molecule has 0 saturated heterocycles. The van der Waals surface area contributed by atoms with Gasteiger partial charge in [0, 0.05) is 13.1 Å². The van der Waals surface area contributed by atoms with Crippen LogP contribution in [0, 0.1) is 5.41 Å². The van der Waals surface area contributed by atoms with Crippen LogP contribution in [-0.2, 0) is 0 Å². The Morgan fingerprint density at radius 3 is 2.78 bits per heavy atom. The van der Waals surface area contributed by atoms with Crippen molar-refractivity contribution >= 4 is 17.0 Å².